The second-order valence-electron chi connectivity index (χ2n) is 4.11. The van der Waals surface area contributed by atoms with Gasteiger partial charge in [-0.3, -0.25) is 9.78 Å². The van der Waals surface area contributed by atoms with Gasteiger partial charge in [-0.05, 0) is 25.7 Å². The molecule has 0 saturated heterocycles. The summed E-state index contributed by atoms with van der Waals surface area (Å²) in [4.78, 5) is 24.9. The summed E-state index contributed by atoms with van der Waals surface area (Å²) in [5.74, 6) is 0.0213. The highest BCUT2D eigenvalue weighted by atomic mass is 16.3. The molecule has 1 aromatic rings. The van der Waals surface area contributed by atoms with Crippen molar-refractivity contribution in [3.63, 3.8) is 0 Å². The molecule has 6 nitrogen and oxygen atoms in total. The first-order valence-corrected chi connectivity index (χ1v) is 5.60. The molecule has 17 heavy (non-hydrogen) atoms. The first-order chi connectivity index (χ1) is 8.08. The number of nitrogens with one attached hydrogen (secondary N) is 1. The van der Waals surface area contributed by atoms with Gasteiger partial charge in [0.05, 0.1) is 0 Å². The van der Waals surface area contributed by atoms with Crippen LogP contribution in [0.15, 0.2) is 15.8 Å². The van der Waals surface area contributed by atoms with E-state index in [-0.39, 0.29) is 24.7 Å². The minimum Gasteiger partial charge on any atom is -0.396 e. The Bertz CT molecular complexity index is 457. The smallest absolute Gasteiger partial charge is 0.328 e. The lowest BCUT2D eigenvalue weighted by molar-refractivity contribution is 0.203. The third-order valence-electron chi connectivity index (χ3n) is 2.72. The van der Waals surface area contributed by atoms with Gasteiger partial charge >= 0.3 is 5.69 Å². The highest BCUT2D eigenvalue weighted by Gasteiger charge is 2.10. The van der Waals surface area contributed by atoms with Crippen LogP contribution in [0.4, 0.5) is 0 Å². The van der Waals surface area contributed by atoms with Crippen molar-refractivity contribution in [2.45, 2.75) is 26.3 Å². The van der Waals surface area contributed by atoms with Crippen molar-refractivity contribution < 1.29 is 10.2 Å². The zero-order valence-corrected chi connectivity index (χ0v) is 9.85. The van der Waals surface area contributed by atoms with Gasteiger partial charge in [-0.2, -0.15) is 0 Å². The molecule has 0 aliphatic heterocycles. The van der Waals surface area contributed by atoms with E-state index in [0.29, 0.717) is 24.9 Å². The molecule has 0 aromatic carbocycles. The first kappa shape index (κ1) is 13.7. The molecule has 6 heteroatoms. The number of hydrogen-bond donors (Lipinski definition) is 3. The lowest BCUT2D eigenvalue weighted by atomic mass is 10.0. The molecule has 0 amide bonds. The van der Waals surface area contributed by atoms with Crippen LogP contribution in [-0.2, 0) is 6.54 Å². The Morgan fingerprint density at radius 2 is 1.88 bits per heavy atom. The maximum atomic E-state index is 11.5. The lowest BCUT2D eigenvalue weighted by Gasteiger charge is -2.15. The molecule has 0 fully saturated rings. The summed E-state index contributed by atoms with van der Waals surface area (Å²) < 4.78 is 1.41. The van der Waals surface area contributed by atoms with E-state index in [1.54, 1.807) is 6.92 Å². The Morgan fingerprint density at radius 3 is 2.41 bits per heavy atom. The fourth-order valence-corrected chi connectivity index (χ4v) is 1.72. The standard InChI is InChI=1S/C11H18N2O4/c1-8-6-13(11(17)12-10(8)16)7-9(2-4-14)3-5-15/h6,9,14-15H,2-5,7H2,1H3,(H,12,16,17). The molecule has 0 bridgehead atoms. The predicted molar refractivity (Wildman–Crippen MR) is 63.0 cm³/mol. The molecule has 1 aromatic heterocycles. The Labute approximate surface area is 98.5 Å². The van der Waals surface area contributed by atoms with Crippen LogP contribution in [0.25, 0.3) is 0 Å². The monoisotopic (exact) mass is 242 g/mol. The highest BCUT2D eigenvalue weighted by Crippen LogP contribution is 2.09. The summed E-state index contributed by atoms with van der Waals surface area (Å²) in [6, 6.07) is 0. The van der Waals surface area contributed by atoms with Crippen molar-refractivity contribution in [2.75, 3.05) is 13.2 Å². The number of aryl methyl sites for hydroxylation is 1. The molecule has 1 heterocycles. The SMILES string of the molecule is Cc1cn(CC(CCO)CCO)c(=O)[nH]c1=O. The summed E-state index contributed by atoms with van der Waals surface area (Å²) in [5.41, 5.74) is -0.370. The average molecular weight is 242 g/mol. The van der Waals surface area contributed by atoms with E-state index < -0.39 is 5.69 Å². The number of aromatic amines is 1. The number of aliphatic hydroxyl groups excluding tert-OH is 2. The van der Waals surface area contributed by atoms with Crippen LogP contribution in [-0.4, -0.2) is 33.0 Å². The van der Waals surface area contributed by atoms with Gasteiger partial charge in [-0.15, -0.1) is 0 Å². The quantitative estimate of drug-likeness (QED) is 0.610. The Morgan fingerprint density at radius 1 is 1.29 bits per heavy atom. The fourth-order valence-electron chi connectivity index (χ4n) is 1.72. The summed E-state index contributed by atoms with van der Waals surface area (Å²) in [6.45, 7) is 2.04. The van der Waals surface area contributed by atoms with E-state index in [4.69, 9.17) is 10.2 Å². The van der Waals surface area contributed by atoms with Crippen LogP contribution in [0.3, 0.4) is 0 Å². The summed E-state index contributed by atoms with van der Waals surface area (Å²) in [5, 5.41) is 17.8. The van der Waals surface area contributed by atoms with Crippen LogP contribution in [0.5, 0.6) is 0 Å². The molecule has 0 atom stereocenters. The molecular formula is C11H18N2O4. The molecule has 0 spiro atoms. The van der Waals surface area contributed by atoms with Crippen molar-refractivity contribution in [2.24, 2.45) is 5.92 Å². The van der Waals surface area contributed by atoms with E-state index in [1.807, 2.05) is 0 Å². The third kappa shape index (κ3) is 3.83. The van der Waals surface area contributed by atoms with Gasteiger partial charge in [0.15, 0.2) is 0 Å². The van der Waals surface area contributed by atoms with Gasteiger partial charge < -0.3 is 14.8 Å². The van der Waals surface area contributed by atoms with Gasteiger partial charge in [0.2, 0.25) is 0 Å². The van der Waals surface area contributed by atoms with Crippen molar-refractivity contribution in [3.8, 4) is 0 Å². The van der Waals surface area contributed by atoms with E-state index in [1.165, 1.54) is 10.8 Å². The van der Waals surface area contributed by atoms with Crippen LogP contribution in [0.2, 0.25) is 0 Å². The van der Waals surface area contributed by atoms with E-state index >= 15 is 0 Å². The van der Waals surface area contributed by atoms with Crippen molar-refractivity contribution >= 4 is 0 Å². The predicted octanol–water partition coefficient (Wildman–Crippen LogP) is -0.774. The zero-order valence-electron chi connectivity index (χ0n) is 9.85. The number of aromatic nitrogens is 2. The second-order valence-corrected chi connectivity index (χ2v) is 4.11. The molecule has 0 radical (unpaired) electrons. The highest BCUT2D eigenvalue weighted by molar-refractivity contribution is 5.00. The van der Waals surface area contributed by atoms with E-state index in [9.17, 15) is 9.59 Å². The van der Waals surface area contributed by atoms with Crippen LogP contribution in [0.1, 0.15) is 18.4 Å². The third-order valence-corrected chi connectivity index (χ3v) is 2.72. The zero-order chi connectivity index (χ0) is 12.8. The molecule has 3 N–H and O–H groups in total. The van der Waals surface area contributed by atoms with Crippen LogP contribution < -0.4 is 11.2 Å². The summed E-state index contributed by atoms with van der Waals surface area (Å²) in [6.07, 6.45) is 2.54. The van der Waals surface area contributed by atoms with Gasteiger partial charge in [0, 0.05) is 31.5 Å². The van der Waals surface area contributed by atoms with Crippen molar-refractivity contribution in [1.82, 2.24) is 9.55 Å². The van der Waals surface area contributed by atoms with Gasteiger partial charge in [0.1, 0.15) is 0 Å². The van der Waals surface area contributed by atoms with Gasteiger partial charge in [0.25, 0.3) is 5.56 Å². The maximum absolute atomic E-state index is 11.5. The Hall–Kier alpha value is -1.40. The number of hydrogen-bond acceptors (Lipinski definition) is 4. The molecule has 0 aliphatic rings. The summed E-state index contributed by atoms with van der Waals surface area (Å²) in [7, 11) is 0. The largest absolute Gasteiger partial charge is 0.396 e. The second kappa shape index (κ2) is 6.36. The number of H-pyrrole nitrogens is 1. The Kier molecular flexibility index (Phi) is 5.11. The molecule has 1 rings (SSSR count). The minimum atomic E-state index is -0.457. The number of rotatable bonds is 6. The normalized spacial score (nSPS) is 11.1. The van der Waals surface area contributed by atoms with Gasteiger partial charge in [-0.1, -0.05) is 0 Å². The molecule has 96 valence electrons. The topological polar surface area (TPSA) is 95.3 Å². The maximum Gasteiger partial charge on any atom is 0.328 e. The van der Waals surface area contributed by atoms with Crippen LogP contribution >= 0.6 is 0 Å². The van der Waals surface area contributed by atoms with E-state index in [0.717, 1.165) is 0 Å². The average Bonchev–Trinajstić information content (AvgIpc) is 2.26. The van der Waals surface area contributed by atoms with Gasteiger partial charge in [-0.25, -0.2) is 4.79 Å². The Balaban J connectivity index is 2.89. The van der Waals surface area contributed by atoms with Crippen molar-refractivity contribution in [1.29, 1.82) is 0 Å². The fraction of sp³-hybridized carbons (Fsp3) is 0.636. The molecule has 0 unspecified atom stereocenters. The van der Waals surface area contributed by atoms with Crippen molar-refractivity contribution in [3.05, 3.63) is 32.6 Å². The lowest BCUT2D eigenvalue weighted by Crippen LogP contribution is -2.33. The van der Waals surface area contributed by atoms with E-state index in [2.05, 4.69) is 4.98 Å². The molecular weight excluding hydrogens is 224 g/mol. The molecule has 0 saturated carbocycles. The number of aliphatic hydroxyl groups is 2. The number of nitrogens with zero attached hydrogens (tertiary/aromatic N) is 1. The minimum absolute atomic E-state index is 0.0156. The summed E-state index contributed by atoms with van der Waals surface area (Å²) >= 11 is 0. The van der Waals surface area contributed by atoms with Crippen LogP contribution in [0, 0.1) is 12.8 Å². The first-order valence-electron chi connectivity index (χ1n) is 5.60. The molecule has 0 aliphatic carbocycles.